The molecular weight excluding hydrogens is 379 g/mol. The number of nitrogens with one attached hydrogen (secondary N) is 1. The lowest BCUT2D eigenvalue weighted by atomic mass is 9.95. The first-order valence-corrected chi connectivity index (χ1v) is 8.39. The Morgan fingerprint density at radius 2 is 1.72 bits per heavy atom. The number of nitriles is 3. The molecule has 0 amide bonds. The van der Waals surface area contributed by atoms with Gasteiger partial charge in [-0.25, -0.2) is 0 Å². The van der Waals surface area contributed by atoms with Crippen LogP contribution in [0.5, 0.6) is 0 Å². The standard InChI is InChI=1S/C21H16F3N5/c1-29(2)17-8-6-14(7-9-17)4-3-5-15-10-19(21(22,23)24)28-20(18(15)13-27)16(11-25)12-26/h3-4,6-10,28H,5H2,1-2H3. The Morgan fingerprint density at radius 1 is 1.10 bits per heavy atom. The van der Waals surface area contributed by atoms with Gasteiger partial charge in [0, 0.05) is 19.8 Å². The van der Waals surface area contributed by atoms with Crippen LogP contribution < -0.4 is 10.2 Å². The van der Waals surface area contributed by atoms with E-state index >= 15 is 0 Å². The van der Waals surface area contributed by atoms with E-state index in [1.165, 1.54) is 12.1 Å². The molecule has 0 spiro atoms. The maximum Gasteiger partial charge on any atom is 0.431 e. The van der Waals surface area contributed by atoms with Gasteiger partial charge in [0.1, 0.15) is 23.9 Å². The molecule has 146 valence electrons. The van der Waals surface area contributed by atoms with Crippen molar-refractivity contribution in [2.45, 2.75) is 12.6 Å². The highest BCUT2D eigenvalue weighted by Crippen LogP contribution is 2.33. The summed E-state index contributed by atoms with van der Waals surface area (Å²) >= 11 is 0. The van der Waals surface area contributed by atoms with Crippen LogP contribution in [0.4, 0.5) is 18.9 Å². The minimum absolute atomic E-state index is 0.0211. The Morgan fingerprint density at radius 3 is 2.21 bits per heavy atom. The van der Waals surface area contributed by atoms with Crippen LogP contribution in [0.2, 0.25) is 0 Å². The molecule has 0 aromatic heterocycles. The highest BCUT2D eigenvalue weighted by Gasteiger charge is 2.37. The van der Waals surface area contributed by atoms with Gasteiger partial charge in [-0.05, 0) is 35.8 Å². The first-order valence-electron chi connectivity index (χ1n) is 8.39. The van der Waals surface area contributed by atoms with E-state index in [1.807, 2.05) is 48.6 Å². The van der Waals surface area contributed by atoms with Gasteiger partial charge in [-0.15, -0.1) is 0 Å². The van der Waals surface area contributed by atoms with Crippen molar-refractivity contribution in [3.63, 3.8) is 0 Å². The molecule has 5 nitrogen and oxygen atoms in total. The fourth-order valence-corrected chi connectivity index (χ4v) is 2.61. The molecule has 8 heteroatoms. The third kappa shape index (κ3) is 5.06. The van der Waals surface area contributed by atoms with Gasteiger partial charge in [-0.2, -0.15) is 29.0 Å². The van der Waals surface area contributed by atoms with Gasteiger partial charge >= 0.3 is 6.18 Å². The molecule has 1 aliphatic rings. The maximum atomic E-state index is 13.2. The van der Waals surface area contributed by atoms with Crippen LogP contribution in [-0.2, 0) is 0 Å². The summed E-state index contributed by atoms with van der Waals surface area (Å²) in [5.74, 6) is 0. The molecule has 0 atom stereocenters. The number of hydrogen-bond acceptors (Lipinski definition) is 5. The summed E-state index contributed by atoms with van der Waals surface area (Å²) in [6, 6.07) is 12.4. The predicted molar refractivity (Wildman–Crippen MR) is 103 cm³/mol. The zero-order valence-electron chi connectivity index (χ0n) is 15.7. The highest BCUT2D eigenvalue weighted by atomic mass is 19.4. The van der Waals surface area contributed by atoms with Gasteiger partial charge in [0.15, 0.2) is 5.57 Å². The highest BCUT2D eigenvalue weighted by molar-refractivity contribution is 5.62. The monoisotopic (exact) mass is 395 g/mol. The van der Waals surface area contributed by atoms with Crippen molar-refractivity contribution < 1.29 is 13.2 Å². The number of dihydropyridines is 1. The average molecular weight is 395 g/mol. The van der Waals surface area contributed by atoms with E-state index in [2.05, 4.69) is 0 Å². The van der Waals surface area contributed by atoms with Crippen LogP contribution >= 0.6 is 0 Å². The molecule has 0 saturated heterocycles. The molecule has 1 aromatic rings. The molecule has 1 heterocycles. The molecule has 1 aromatic carbocycles. The molecule has 0 radical (unpaired) electrons. The molecule has 1 aliphatic heterocycles. The normalized spacial score (nSPS) is 13.9. The van der Waals surface area contributed by atoms with Crippen LogP contribution in [0.15, 0.2) is 64.5 Å². The first kappa shape index (κ1) is 21.3. The number of hydrogen-bond donors (Lipinski definition) is 1. The summed E-state index contributed by atoms with van der Waals surface area (Å²) in [7, 11) is 3.81. The van der Waals surface area contributed by atoms with Crippen molar-refractivity contribution >= 4 is 11.8 Å². The third-order valence-corrected chi connectivity index (χ3v) is 4.10. The molecule has 0 saturated carbocycles. The van der Waals surface area contributed by atoms with E-state index in [9.17, 15) is 18.4 Å². The number of alkyl halides is 3. The van der Waals surface area contributed by atoms with Crippen LogP contribution in [-0.4, -0.2) is 20.3 Å². The topological polar surface area (TPSA) is 86.6 Å². The van der Waals surface area contributed by atoms with E-state index in [4.69, 9.17) is 10.5 Å². The summed E-state index contributed by atoms with van der Waals surface area (Å²) in [6.07, 6.45) is -0.521. The predicted octanol–water partition coefficient (Wildman–Crippen LogP) is 4.33. The Bertz CT molecular complexity index is 1020. The van der Waals surface area contributed by atoms with Gasteiger partial charge in [0.05, 0.1) is 11.3 Å². The van der Waals surface area contributed by atoms with Crippen LogP contribution in [0.25, 0.3) is 6.08 Å². The molecule has 2 rings (SSSR count). The lowest BCUT2D eigenvalue weighted by Crippen LogP contribution is -2.30. The van der Waals surface area contributed by atoms with Crippen molar-refractivity contribution in [2.24, 2.45) is 0 Å². The molecule has 29 heavy (non-hydrogen) atoms. The molecular formula is C21H16F3N5. The van der Waals surface area contributed by atoms with Gasteiger partial charge in [-0.3, -0.25) is 0 Å². The van der Waals surface area contributed by atoms with Crippen molar-refractivity contribution in [2.75, 3.05) is 19.0 Å². The maximum absolute atomic E-state index is 13.2. The Labute approximate surface area is 166 Å². The summed E-state index contributed by atoms with van der Waals surface area (Å²) in [4.78, 5) is 1.94. The molecule has 1 N–H and O–H groups in total. The lowest BCUT2D eigenvalue weighted by molar-refractivity contribution is -0.0959. The second kappa shape index (κ2) is 8.82. The first-order chi connectivity index (χ1) is 13.7. The van der Waals surface area contributed by atoms with E-state index in [1.54, 1.807) is 18.2 Å². The van der Waals surface area contributed by atoms with Crippen LogP contribution in [0.1, 0.15) is 12.0 Å². The van der Waals surface area contributed by atoms with Gasteiger partial charge in [0.25, 0.3) is 0 Å². The van der Waals surface area contributed by atoms with Crippen LogP contribution in [0, 0.1) is 34.0 Å². The molecule has 0 bridgehead atoms. The second-order valence-corrected chi connectivity index (χ2v) is 6.26. The van der Waals surface area contributed by atoms with E-state index in [0.717, 1.165) is 17.3 Å². The minimum atomic E-state index is -4.72. The van der Waals surface area contributed by atoms with Crippen molar-refractivity contribution in [3.8, 4) is 18.2 Å². The zero-order chi connectivity index (χ0) is 21.6. The third-order valence-electron chi connectivity index (χ3n) is 4.10. The van der Waals surface area contributed by atoms with Gasteiger partial charge < -0.3 is 10.2 Å². The Kier molecular flexibility index (Phi) is 6.49. The summed E-state index contributed by atoms with van der Waals surface area (Å²) in [5.41, 5.74) is -0.393. The SMILES string of the molecule is CN(C)c1ccc(C=CCC2=C(C#N)C(=C(C#N)C#N)NC(C(F)(F)F)=C2)cc1. The van der Waals surface area contributed by atoms with E-state index in [-0.39, 0.29) is 17.6 Å². The fourth-order valence-electron chi connectivity index (χ4n) is 2.61. The second-order valence-electron chi connectivity index (χ2n) is 6.26. The quantitative estimate of drug-likeness (QED) is 0.767. The average Bonchev–Trinajstić information content (AvgIpc) is 2.68. The summed E-state index contributed by atoms with van der Waals surface area (Å²) in [5, 5.41) is 29.5. The number of rotatable bonds is 4. The Balaban J connectivity index is 2.42. The smallest absolute Gasteiger partial charge is 0.378 e. The van der Waals surface area contributed by atoms with Gasteiger partial charge in [0.2, 0.25) is 0 Å². The number of allylic oxidation sites excluding steroid dienone is 6. The number of halogens is 3. The van der Waals surface area contributed by atoms with Crippen molar-refractivity contribution in [3.05, 3.63) is 70.1 Å². The zero-order valence-corrected chi connectivity index (χ0v) is 15.7. The molecule has 0 aliphatic carbocycles. The Hall–Kier alpha value is -3.96. The minimum Gasteiger partial charge on any atom is -0.378 e. The largest absolute Gasteiger partial charge is 0.431 e. The summed E-state index contributed by atoms with van der Waals surface area (Å²) in [6.45, 7) is 0. The van der Waals surface area contributed by atoms with Crippen molar-refractivity contribution in [1.82, 2.24) is 5.32 Å². The summed E-state index contributed by atoms with van der Waals surface area (Å²) < 4.78 is 39.7. The van der Waals surface area contributed by atoms with Crippen molar-refractivity contribution in [1.29, 1.82) is 15.8 Å². The molecule has 0 fully saturated rings. The van der Waals surface area contributed by atoms with E-state index < -0.39 is 23.1 Å². The number of anilines is 1. The van der Waals surface area contributed by atoms with E-state index in [0.29, 0.717) is 0 Å². The fraction of sp³-hybridized carbons (Fsp3) is 0.190. The number of nitrogens with zero attached hydrogens (tertiary/aromatic N) is 4. The number of benzene rings is 1. The van der Waals surface area contributed by atoms with Crippen LogP contribution in [0.3, 0.4) is 0 Å². The molecule has 0 unspecified atom stereocenters. The van der Waals surface area contributed by atoms with Gasteiger partial charge in [-0.1, -0.05) is 24.3 Å². The lowest BCUT2D eigenvalue weighted by Gasteiger charge is -2.22.